The minimum absolute atomic E-state index is 0.169. The van der Waals surface area contributed by atoms with Crippen molar-refractivity contribution in [1.82, 2.24) is 0 Å². The predicted molar refractivity (Wildman–Crippen MR) is 82.1 cm³/mol. The van der Waals surface area contributed by atoms with Gasteiger partial charge in [0.25, 0.3) is 0 Å². The van der Waals surface area contributed by atoms with Crippen LogP contribution in [0.25, 0.3) is 0 Å². The van der Waals surface area contributed by atoms with Gasteiger partial charge in [-0.15, -0.1) is 0 Å². The van der Waals surface area contributed by atoms with Crippen molar-refractivity contribution >= 4 is 5.97 Å². The second-order valence-electron chi connectivity index (χ2n) is 5.40. The number of aryl methyl sites for hydroxylation is 2. The van der Waals surface area contributed by atoms with Crippen LogP contribution in [0.2, 0.25) is 0 Å². The lowest BCUT2D eigenvalue weighted by Crippen LogP contribution is -2.37. The highest BCUT2D eigenvalue weighted by Crippen LogP contribution is 2.31. The number of rotatable bonds is 3. The molecule has 4 heteroatoms. The van der Waals surface area contributed by atoms with Crippen molar-refractivity contribution in [3.8, 4) is 11.5 Å². The van der Waals surface area contributed by atoms with Crippen LogP contribution in [0.15, 0.2) is 42.5 Å². The van der Waals surface area contributed by atoms with Gasteiger partial charge >= 0.3 is 5.97 Å². The van der Waals surface area contributed by atoms with Gasteiger partial charge in [0.15, 0.2) is 11.5 Å². The van der Waals surface area contributed by atoms with Crippen molar-refractivity contribution in [3.63, 3.8) is 0 Å². The van der Waals surface area contributed by atoms with Gasteiger partial charge in [-0.2, -0.15) is 0 Å². The molecule has 0 spiro atoms. The first-order valence-electron chi connectivity index (χ1n) is 7.25. The summed E-state index contributed by atoms with van der Waals surface area (Å²) in [5.41, 5.74) is 3.25. The molecule has 1 aliphatic rings. The average Bonchev–Trinajstić information content (AvgIpc) is 2.55. The molecule has 2 aromatic rings. The quantitative estimate of drug-likeness (QED) is 0.816. The number of carbonyl (C=O) groups excluding carboxylic acids is 1. The Morgan fingerprint density at radius 1 is 1.18 bits per heavy atom. The van der Waals surface area contributed by atoms with Crippen LogP contribution in [0.5, 0.6) is 11.5 Å². The van der Waals surface area contributed by atoms with Gasteiger partial charge in [0, 0.05) is 0 Å². The fourth-order valence-electron chi connectivity index (χ4n) is 2.33. The van der Waals surface area contributed by atoms with Crippen molar-refractivity contribution in [1.29, 1.82) is 0 Å². The minimum Gasteiger partial charge on any atom is -0.485 e. The number of para-hydroxylation sites is 2. The van der Waals surface area contributed by atoms with E-state index in [1.807, 2.05) is 50.2 Å². The van der Waals surface area contributed by atoms with Crippen LogP contribution in [0.1, 0.15) is 16.7 Å². The molecule has 0 fully saturated rings. The van der Waals surface area contributed by atoms with E-state index in [1.54, 1.807) is 6.07 Å². The SMILES string of the molecule is Cc1ccc(C)c(COC(=O)C2COc3ccccc3O2)c1. The van der Waals surface area contributed by atoms with E-state index in [0.717, 1.165) is 16.7 Å². The smallest absolute Gasteiger partial charge is 0.351 e. The molecule has 22 heavy (non-hydrogen) atoms. The molecule has 2 aromatic carbocycles. The number of benzene rings is 2. The summed E-state index contributed by atoms with van der Waals surface area (Å²) in [5, 5.41) is 0. The van der Waals surface area contributed by atoms with Gasteiger partial charge in [-0.1, -0.05) is 35.9 Å². The molecule has 0 radical (unpaired) electrons. The Morgan fingerprint density at radius 3 is 2.77 bits per heavy atom. The molecule has 0 saturated heterocycles. The third-order valence-corrected chi connectivity index (χ3v) is 3.65. The van der Waals surface area contributed by atoms with Crippen molar-refractivity contribution in [2.45, 2.75) is 26.6 Å². The van der Waals surface area contributed by atoms with Crippen LogP contribution in [-0.4, -0.2) is 18.7 Å². The van der Waals surface area contributed by atoms with Gasteiger partial charge in [0.1, 0.15) is 13.2 Å². The van der Waals surface area contributed by atoms with Gasteiger partial charge in [-0.25, -0.2) is 4.79 Å². The van der Waals surface area contributed by atoms with Crippen LogP contribution in [0.3, 0.4) is 0 Å². The van der Waals surface area contributed by atoms with Gasteiger partial charge < -0.3 is 14.2 Å². The molecule has 0 saturated carbocycles. The van der Waals surface area contributed by atoms with E-state index < -0.39 is 12.1 Å². The molecular weight excluding hydrogens is 280 g/mol. The Bertz CT molecular complexity index is 693. The van der Waals surface area contributed by atoms with Gasteiger partial charge in [0.2, 0.25) is 6.10 Å². The Hall–Kier alpha value is -2.49. The van der Waals surface area contributed by atoms with Crippen LogP contribution in [0.4, 0.5) is 0 Å². The molecule has 0 amide bonds. The first-order valence-corrected chi connectivity index (χ1v) is 7.25. The maximum atomic E-state index is 12.2. The molecule has 0 bridgehead atoms. The number of esters is 1. The van der Waals surface area contributed by atoms with Gasteiger partial charge in [-0.05, 0) is 37.1 Å². The van der Waals surface area contributed by atoms with Gasteiger partial charge in [0.05, 0.1) is 0 Å². The lowest BCUT2D eigenvalue weighted by atomic mass is 10.1. The predicted octanol–water partition coefficient (Wildman–Crippen LogP) is 3.19. The third kappa shape index (κ3) is 3.06. The van der Waals surface area contributed by atoms with Crippen LogP contribution in [0, 0.1) is 13.8 Å². The molecule has 0 aliphatic carbocycles. The second kappa shape index (κ2) is 6.10. The number of carbonyl (C=O) groups is 1. The van der Waals surface area contributed by atoms with Crippen molar-refractivity contribution < 1.29 is 19.0 Å². The monoisotopic (exact) mass is 298 g/mol. The highest BCUT2D eigenvalue weighted by atomic mass is 16.6. The molecule has 1 heterocycles. The lowest BCUT2D eigenvalue weighted by Gasteiger charge is -2.25. The topological polar surface area (TPSA) is 44.8 Å². The zero-order chi connectivity index (χ0) is 15.5. The maximum absolute atomic E-state index is 12.2. The molecule has 0 N–H and O–H groups in total. The van der Waals surface area contributed by atoms with E-state index in [1.165, 1.54) is 0 Å². The Kier molecular flexibility index (Phi) is 4.00. The van der Waals surface area contributed by atoms with Crippen molar-refractivity contribution in [3.05, 3.63) is 59.2 Å². The van der Waals surface area contributed by atoms with Crippen LogP contribution < -0.4 is 9.47 Å². The molecule has 1 unspecified atom stereocenters. The van der Waals surface area contributed by atoms with E-state index in [-0.39, 0.29) is 13.2 Å². The summed E-state index contributed by atoms with van der Waals surface area (Å²) < 4.78 is 16.5. The second-order valence-corrected chi connectivity index (χ2v) is 5.40. The summed E-state index contributed by atoms with van der Waals surface area (Å²) >= 11 is 0. The lowest BCUT2D eigenvalue weighted by molar-refractivity contribution is -0.155. The van der Waals surface area contributed by atoms with E-state index in [0.29, 0.717) is 11.5 Å². The number of fused-ring (bicyclic) bond motifs is 1. The van der Waals surface area contributed by atoms with Crippen molar-refractivity contribution in [2.24, 2.45) is 0 Å². The maximum Gasteiger partial charge on any atom is 0.351 e. The number of hydrogen-bond acceptors (Lipinski definition) is 4. The first kappa shape index (κ1) is 14.4. The normalized spacial score (nSPS) is 16.2. The zero-order valence-corrected chi connectivity index (χ0v) is 12.7. The summed E-state index contributed by atoms with van der Waals surface area (Å²) in [5.74, 6) is 0.818. The third-order valence-electron chi connectivity index (χ3n) is 3.65. The highest BCUT2D eigenvalue weighted by Gasteiger charge is 2.28. The first-order chi connectivity index (χ1) is 10.6. The largest absolute Gasteiger partial charge is 0.485 e. The number of ether oxygens (including phenoxy) is 3. The van der Waals surface area contributed by atoms with Crippen LogP contribution in [-0.2, 0) is 16.1 Å². The van der Waals surface area contributed by atoms with E-state index in [9.17, 15) is 4.79 Å². The Morgan fingerprint density at radius 2 is 1.95 bits per heavy atom. The fourth-order valence-corrected chi connectivity index (χ4v) is 2.33. The minimum atomic E-state index is -0.722. The van der Waals surface area contributed by atoms with E-state index >= 15 is 0 Å². The molecule has 1 atom stereocenters. The summed E-state index contributed by atoms with van der Waals surface area (Å²) in [6.07, 6.45) is -0.722. The standard InChI is InChI=1S/C18H18O4/c1-12-7-8-13(2)14(9-12)10-21-18(19)17-11-20-15-5-3-4-6-16(15)22-17/h3-9,17H,10-11H2,1-2H3. The molecule has 114 valence electrons. The summed E-state index contributed by atoms with van der Waals surface area (Å²) in [4.78, 5) is 12.2. The number of hydrogen-bond donors (Lipinski definition) is 0. The summed E-state index contributed by atoms with van der Waals surface area (Å²) in [6, 6.07) is 13.4. The zero-order valence-electron chi connectivity index (χ0n) is 12.7. The van der Waals surface area contributed by atoms with E-state index in [2.05, 4.69) is 0 Å². The highest BCUT2D eigenvalue weighted by molar-refractivity contribution is 5.76. The van der Waals surface area contributed by atoms with Gasteiger partial charge in [-0.3, -0.25) is 0 Å². The molecule has 0 aromatic heterocycles. The Labute approximate surface area is 129 Å². The molecular formula is C18H18O4. The fraction of sp³-hybridized carbons (Fsp3) is 0.278. The molecule has 4 nitrogen and oxygen atoms in total. The Balaban J connectivity index is 1.62. The molecule has 1 aliphatic heterocycles. The summed E-state index contributed by atoms with van der Waals surface area (Å²) in [7, 11) is 0. The van der Waals surface area contributed by atoms with Crippen LogP contribution >= 0.6 is 0 Å². The summed E-state index contributed by atoms with van der Waals surface area (Å²) in [6.45, 7) is 4.43. The van der Waals surface area contributed by atoms with E-state index in [4.69, 9.17) is 14.2 Å². The average molecular weight is 298 g/mol. The molecule has 3 rings (SSSR count). The van der Waals surface area contributed by atoms with Crippen molar-refractivity contribution in [2.75, 3.05) is 6.61 Å².